The molecule has 2 amide bonds. The number of amides is 2. The van der Waals surface area contributed by atoms with Gasteiger partial charge in [-0.1, -0.05) is 80.4 Å². The zero-order valence-corrected chi connectivity index (χ0v) is 13.1. The van der Waals surface area contributed by atoms with Crippen LogP contribution >= 0.6 is 0 Å². The van der Waals surface area contributed by atoms with E-state index in [1.54, 1.807) is 0 Å². The smallest absolute Gasteiger partial charge is 0.315 e. The molecule has 2 aromatic rings. The van der Waals surface area contributed by atoms with E-state index >= 15 is 0 Å². The van der Waals surface area contributed by atoms with E-state index < -0.39 is 0 Å². The summed E-state index contributed by atoms with van der Waals surface area (Å²) in [5.41, 5.74) is 2.16. The highest BCUT2D eigenvalue weighted by atomic mass is 16.2. The van der Waals surface area contributed by atoms with Crippen LogP contribution in [0, 0.1) is 0 Å². The van der Waals surface area contributed by atoms with Gasteiger partial charge in [0.05, 0.1) is 6.04 Å². The van der Waals surface area contributed by atoms with Crippen molar-refractivity contribution in [1.29, 1.82) is 0 Å². The van der Waals surface area contributed by atoms with Gasteiger partial charge < -0.3 is 10.6 Å². The van der Waals surface area contributed by atoms with Crippen LogP contribution in [0.15, 0.2) is 60.7 Å². The van der Waals surface area contributed by atoms with Crippen LogP contribution in [0.3, 0.4) is 0 Å². The SMILES string of the molecule is CCCCCNC(=O)NC(c1ccccc1)c1ccccc1. The molecule has 0 saturated carbocycles. The minimum Gasteiger partial charge on any atom is -0.338 e. The van der Waals surface area contributed by atoms with Gasteiger partial charge in [0.25, 0.3) is 0 Å². The maximum absolute atomic E-state index is 12.1. The second-order valence-electron chi connectivity index (χ2n) is 5.36. The first kappa shape index (κ1) is 16.1. The molecular formula is C19H24N2O. The van der Waals surface area contributed by atoms with E-state index in [4.69, 9.17) is 0 Å². The maximum Gasteiger partial charge on any atom is 0.315 e. The van der Waals surface area contributed by atoms with Crippen LogP contribution in [0.25, 0.3) is 0 Å². The first-order valence-corrected chi connectivity index (χ1v) is 7.95. The van der Waals surface area contributed by atoms with E-state index in [0.29, 0.717) is 0 Å². The molecule has 0 atom stereocenters. The first-order valence-electron chi connectivity index (χ1n) is 7.95. The number of benzene rings is 2. The van der Waals surface area contributed by atoms with Gasteiger partial charge in [0, 0.05) is 6.54 Å². The minimum absolute atomic E-state index is 0.117. The largest absolute Gasteiger partial charge is 0.338 e. The van der Waals surface area contributed by atoms with E-state index in [1.165, 1.54) is 0 Å². The van der Waals surface area contributed by atoms with Crippen molar-refractivity contribution in [3.63, 3.8) is 0 Å². The molecule has 0 aliphatic carbocycles. The van der Waals surface area contributed by atoms with Crippen molar-refractivity contribution in [1.82, 2.24) is 10.6 Å². The number of urea groups is 1. The average Bonchev–Trinajstić information content (AvgIpc) is 2.58. The molecule has 3 nitrogen and oxygen atoms in total. The zero-order valence-electron chi connectivity index (χ0n) is 13.1. The van der Waals surface area contributed by atoms with Gasteiger partial charge in [0.2, 0.25) is 0 Å². The van der Waals surface area contributed by atoms with Gasteiger partial charge in [-0.25, -0.2) is 4.79 Å². The molecule has 116 valence electrons. The second-order valence-corrected chi connectivity index (χ2v) is 5.36. The Morgan fingerprint density at radius 1 is 0.909 bits per heavy atom. The van der Waals surface area contributed by atoms with E-state index in [9.17, 15) is 4.79 Å². The Bertz CT molecular complexity index is 515. The summed E-state index contributed by atoms with van der Waals surface area (Å²) in [6.07, 6.45) is 3.31. The van der Waals surface area contributed by atoms with Crippen LogP contribution in [0.5, 0.6) is 0 Å². The maximum atomic E-state index is 12.1. The first-order chi connectivity index (χ1) is 10.8. The van der Waals surface area contributed by atoms with Crippen molar-refractivity contribution in [2.45, 2.75) is 32.2 Å². The van der Waals surface area contributed by atoms with Gasteiger partial charge in [-0.2, -0.15) is 0 Å². The van der Waals surface area contributed by atoms with E-state index in [0.717, 1.165) is 36.9 Å². The fourth-order valence-corrected chi connectivity index (χ4v) is 2.41. The van der Waals surface area contributed by atoms with Crippen molar-refractivity contribution in [2.75, 3.05) is 6.54 Å². The van der Waals surface area contributed by atoms with E-state index in [2.05, 4.69) is 17.6 Å². The lowest BCUT2D eigenvalue weighted by Gasteiger charge is -2.20. The predicted octanol–water partition coefficient (Wildman–Crippen LogP) is 4.27. The molecule has 2 rings (SSSR count). The molecule has 0 aliphatic rings. The summed E-state index contributed by atoms with van der Waals surface area (Å²) >= 11 is 0. The molecule has 22 heavy (non-hydrogen) atoms. The Kier molecular flexibility index (Phi) is 6.49. The highest BCUT2D eigenvalue weighted by Crippen LogP contribution is 2.21. The zero-order chi connectivity index (χ0) is 15.6. The standard InChI is InChI=1S/C19H24N2O/c1-2-3-10-15-20-19(22)21-18(16-11-6-4-7-12-16)17-13-8-5-9-14-17/h4-9,11-14,18H,2-3,10,15H2,1H3,(H2,20,21,22). The van der Waals surface area contributed by atoms with Gasteiger partial charge in [-0.05, 0) is 17.5 Å². The van der Waals surface area contributed by atoms with E-state index in [-0.39, 0.29) is 12.1 Å². The molecule has 2 aromatic carbocycles. The average molecular weight is 296 g/mol. The van der Waals surface area contributed by atoms with E-state index in [1.807, 2.05) is 60.7 Å². The van der Waals surface area contributed by atoms with Crippen LogP contribution in [0.4, 0.5) is 4.79 Å². The summed E-state index contributed by atoms with van der Waals surface area (Å²) in [5.74, 6) is 0. The number of carbonyl (C=O) groups is 1. The van der Waals surface area contributed by atoms with Gasteiger partial charge in [-0.3, -0.25) is 0 Å². The Morgan fingerprint density at radius 2 is 1.45 bits per heavy atom. The van der Waals surface area contributed by atoms with Crippen molar-refractivity contribution < 1.29 is 4.79 Å². The molecule has 2 N–H and O–H groups in total. The third kappa shape index (κ3) is 4.92. The lowest BCUT2D eigenvalue weighted by Crippen LogP contribution is -2.38. The number of unbranched alkanes of at least 4 members (excludes halogenated alkanes) is 2. The third-order valence-electron chi connectivity index (χ3n) is 3.61. The molecule has 0 bridgehead atoms. The molecule has 0 radical (unpaired) electrons. The Balaban J connectivity index is 2.04. The number of rotatable bonds is 7. The molecule has 3 heteroatoms. The summed E-state index contributed by atoms with van der Waals surface area (Å²) in [4.78, 5) is 12.1. The van der Waals surface area contributed by atoms with Crippen LogP contribution in [0.2, 0.25) is 0 Å². The number of hydrogen-bond acceptors (Lipinski definition) is 1. The Labute approximate surface area is 132 Å². The molecule has 0 spiro atoms. The van der Waals surface area contributed by atoms with Crippen LogP contribution in [-0.4, -0.2) is 12.6 Å². The lowest BCUT2D eigenvalue weighted by molar-refractivity contribution is 0.238. The molecule has 0 aliphatic heterocycles. The highest BCUT2D eigenvalue weighted by molar-refractivity contribution is 5.75. The highest BCUT2D eigenvalue weighted by Gasteiger charge is 2.15. The summed E-state index contributed by atoms with van der Waals surface area (Å²) in [6.45, 7) is 2.87. The molecule has 0 unspecified atom stereocenters. The minimum atomic E-state index is -0.131. The van der Waals surface area contributed by atoms with Crippen molar-refractivity contribution >= 4 is 6.03 Å². The Morgan fingerprint density at radius 3 is 1.95 bits per heavy atom. The van der Waals surface area contributed by atoms with Crippen LogP contribution in [0.1, 0.15) is 43.4 Å². The van der Waals surface area contributed by atoms with Gasteiger partial charge in [0.15, 0.2) is 0 Å². The quantitative estimate of drug-likeness (QED) is 0.736. The number of carbonyl (C=O) groups excluding carboxylic acids is 1. The fourth-order valence-electron chi connectivity index (χ4n) is 2.41. The fraction of sp³-hybridized carbons (Fsp3) is 0.316. The number of hydrogen-bond donors (Lipinski definition) is 2. The van der Waals surface area contributed by atoms with Crippen molar-refractivity contribution in [3.05, 3.63) is 71.8 Å². The topological polar surface area (TPSA) is 41.1 Å². The monoisotopic (exact) mass is 296 g/mol. The van der Waals surface area contributed by atoms with Gasteiger partial charge >= 0.3 is 6.03 Å². The van der Waals surface area contributed by atoms with Crippen LogP contribution < -0.4 is 10.6 Å². The van der Waals surface area contributed by atoms with Gasteiger partial charge in [-0.15, -0.1) is 0 Å². The second kappa shape index (κ2) is 8.88. The summed E-state index contributed by atoms with van der Waals surface area (Å²) in [7, 11) is 0. The summed E-state index contributed by atoms with van der Waals surface area (Å²) in [6, 6.07) is 19.8. The summed E-state index contributed by atoms with van der Waals surface area (Å²) < 4.78 is 0. The molecule has 0 saturated heterocycles. The molecule has 0 fully saturated rings. The Hall–Kier alpha value is -2.29. The van der Waals surface area contributed by atoms with Crippen LogP contribution in [-0.2, 0) is 0 Å². The third-order valence-corrected chi connectivity index (χ3v) is 3.61. The molecular weight excluding hydrogens is 272 g/mol. The van der Waals surface area contributed by atoms with Crippen molar-refractivity contribution in [3.8, 4) is 0 Å². The van der Waals surface area contributed by atoms with Crippen molar-refractivity contribution in [2.24, 2.45) is 0 Å². The molecule has 0 aromatic heterocycles. The number of nitrogens with one attached hydrogen (secondary N) is 2. The normalized spacial score (nSPS) is 10.5. The van der Waals surface area contributed by atoms with Gasteiger partial charge in [0.1, 0.15) is 0 Å². The summed E-state index contributed by atoms with van der Waals surface area (Å²) in [5, 5.41) is 6.01. The predicted molar refractivity (Wildman–Crippen MR) is 90.8 cm³/mol. The lowest BCUT2D eigenvalue weighted by atomic mass is 9.99. The molecule has 0 heterocycles.